The number of carboxylic acid groups (broad SMARTS) is 1. The molecule has 0 aromatic rings. The highest BCUT2D eigenvalue weighted by atomic mass is 16.5. The number of ether oxygens (including phenoxy) is 1. The van der Waals surface area contributed by atoms with Gasteiger partial charge in [-0.1, -0.05) is 0 Å². The summed E-state index contributed by atoms with van der Waals surface area (Å²) in [5, 5.41) is 14.9. The van der Waals surface area contributed by atoms with E-state index in [0.717, 1.165) is 38.8 Å². The second-order valence-electron chi connectivity index (χ2n) is 6.20. The zero-order valence-corrected chi connectivity index (χ0v) is 12.0. The number of carboxylic acids is 1. The second-order valence-corrected chi connectivity index (χ2v) is 6.20. The largest absolute Gasteiger partial charge is 0.481 e. The first-order valence-corrected chi connectivity index (χ1v) is 7.33. The lowest BCUT2D eigenvalue weighted by molar-refractivity contribution is -0.143. The normalized spacial score (nSPS) is 28.4. The van der Waals surface area contributed by atoms with Crippen molar-refractivity contribution < 1.29 is 19.4 Å². The summed E-state index contributed by atoms with van der Waals surface area (Å²) >= 11 is 0. The Morgan fingerprint density at radius 3 is 2.45 bits per heavy atom. The SMILES string of the molecule is CC1(OCC(=O)NCC2CCC(C(=O)O)CC2)CNC1. The van der Waals surface area contributed by atoms with E-state index >= 15 is 0 Å². The average Bonchev–Trinajstić information content (AvgIpc) is 2.41. The molecule has 6 nitrogen and oxygen atoms in total. The van der Waals surface area contributed by atoms with Crippen molar-refractivity contribution in [3.63, 3.8) is 0 Å². The van der Waals surface area contributed by atoms with Gasteiger partial charge in [0.1, 0.15) is 6.61 Å². The summed E-state index contributed by atoms with van der Waals surface area (Å²) in [4.78, 5) is 22.5. The molecule has 0 radical (unpaired) electrons. The van der Waals surface area contributed by atoms with Crippen LogP contribution in [-0.2, 0) is 14.3 Å². The zero-order valence-electron chi connectivity index (χ0n) is 12.0. The van der Waals surface area contributed by atoms with Crippen LogP contribution in [0.3, 0.4) is 0 Å². The Morgan fingerprint density at radius 1 is 1.30 bits per heavy atom. The van der Waals surface area contributed by atoms with Gasteiger partial charge in [-0.25, -0.2) is 0 Å². The van der Waals surface area contributed by atoms with E-state index in [0.29, 0.717) is 12.5 Å². The van der Waals surface area contributed by atoms with Crippen molar-refractivity contribution in [1.29, 1.82) is 0 Å². The van der Waals surface area contributed by atoms with Gasteiger partial charge in [-0.05, 0) is 38.5 Å². The Labute approximate surface area is 119 Å². The third kappa shape index (κ3) is 4.18. The van der Waals surface area contributed by atoms with Crippen molar-refractivity contribution >= 4 is 11.9 Å². The van der Waals surface area contributed by atoms with Crippen molar-refractivity contribution in [2.24, 2.45) is 11.8 Å². The summed E-state index contributed by atoms with van der Waals surface area (Å²) in [7, 11) is 0. The van der Waals surface area contributed by atoms with Crippen LogP contribution in [0.15, 0.2) is 0 Å². The van der Waals surface area contributed by atoms with E-state index in [2.05, 4.69) is 10.6 Å². The Balaban J connectivity index is 1.58. The summed E-state index contributed by atoms with van der Waals surface area (Å²) in [6.07, 6.45) is 3.19. The smallest absolute Gasteiger partial charge is 0.306 e. The van der Waals surface area contributed by atoms with Gasteiger partial charge >= 0.3 is 5.97 Å². The predicted molar refractivity (Wildman–Crippen MR) is 73.3 cm³/mol. The van der Waals surface area contributed by atoms with Gasteiger partial charge in [0.25, 0.3) is 0 Å². The van der Waals surface area contributed by atoms with E-state index in [1.165, 1.54) is 0 Å². The molecule has 2 aliphatic rings. The number of carbonyl (C=O) groups excluding carboxylic acids is 1. The summed E-state index contributed by atoms with van der Waals surface area (Å²) in [5.74, 6) is -0.575. The maximum absolute atomic E-state index is 11.7. The fourth-order valence-corrected chi connectivity index (χ4v) is 2.74. The molecule has 6 heteroatoms. The van der Waals surface area contributed by atoms with Gasteiger partial charge in [0.2, 0.25) is 5.91 Å². The van der Waals surface area contributed by atoms with Gasteiger partial charge in [0, 0.05) is 19.6 Å². The van der Waals surface area contributed by atoms with Crippen LogP contribution in [0.2, 0.25) is 0 Å². The molecule has 0 spiro atoms. The van der Waals surface area contributed by atoms with E-state index in [4.69, 9.17) is 9.84 Å². The second kappa shape index (κ2) is 6.54. The number of aliphatic carboxylic acids is 1. The Bertz CT molecular complexity index is 360. The van der Waals surface area contributed by atoms with E-state index in [1.807, 2.05) is 6.92 Å². The molecule has 2 rings (SSSR count). The fraction of sp³-hybridized carbons (Fsp3) is 0.857. The molecule has 0 aromatic carbocycles. The number of nitrogens with one attached hydrogen (secondary N) is 2. The van der Waals surface area contributed by atoms with Crippen LogP contribution >= 0.6 is 0 Å². The van der Waals surface area contributed by atoms with Crippen LogP contribution in [0.4, 0.5) is 0 Å². The Hall–Kier alpha value is -1.14. The third-order valence-electron chi connectivity index (χ3n) is 4.33. The molecule has 3 N–H and O–H groups in total. The standard InChI is InChI=1S/C14H24N2O4/c1-14(8-15-9-14)20-7-12(17)16-6-10-2-4-11(5-3-10)13(18)19/h10-11,15H,2-9H2,1H3,(H,16,17)(H,18,19). The molecule has 1 aliphatic carbocycles. The molecule has 2 fully saturated rings. The number of hydrogen-bond acceptors (Lipinski definition) is 4. The molecule has 1 saturated carbocycles. The number of carbonyl (C=O) groups is 2. The first kappa shape index (κ1) is 15.3. The Kier molecular flexibility index (Phi) is 4.99. The van der Waals surface area contributed by atoms with Crippen LogP contribution in [0, 0.1) is 11.8 Å². The van der Waals surface area contributed by atoms with Crippen molar-refractivity contribution in [1.82, 2.24) is 10.6 Å². The first-order chi connectivity index (χ1) is 9.48. The monoisotopic (exact) mass is 284 g/mol. The first-order valence-electron chi connectivity index (χ1n) is 7.33. The van der Waals surface area contributed by atoms with E-state index in [1.54, 1.807) is 0 Å². The van der Waals surface area contributed by atoms with Crippen LogP contribution in [0.5, 0.6) is 0 Å². The van der Waals surface area contributed by atoms with Crippen LogP contribution in [0.1, 0.15) is 32.6 Å². The minimum absolute atomic E-state index is 0.0847. The molecule has 0 atom stereocenters. The van der Waals surface area contributed by atoms with Gasteiger partial charge in [-0.15, -0.1) is 0 Å². The maximum atomic E-state index is 11.7. The van der Waals surface area contributed by atoms with Crippen molar-refractivity contribution in [3.05, 3.63) is 0 Å². The number of hydrogen-bond donors (Lipinski definition) is 3. The van der Waals surface area contributed by atoms with Crippen molar-refractivity contribution in [2.45, 2.75) is 38.2 Å². The zero-order chi connectivity index (χ0) is 14.6. The quantitative estimate of drug-likeness (QED) is 0.656. The van der Waals surface area contributed by atoms with Gasteiger partial charge in [-0.2, -0.15) is 0 Å². The van der Waals surface area contributed by atoms with Crippen LogP contribution < -0.4 is 10.6 Å². The molecule has 0 unspecified atom stereocenters. The van der Waals surface area contributed by atoms with Gasteiger partial charge in [0.15, 0.2) is 0 Å². The van der Waals surface area contributed by atoms with Gasteiger partial charge < -0.3 is 20.5 Å². The lowest BCUT2D eigenvalue weighted by atomic mass is 9.82. The number of rotatable bonds is 6. The Morgan fingerprint density at radius 2 is 1.95 bits per heavy atom. The topological polar surface area (TPSA) is 87.7 Å². The van der Waals surface area contributed by atoms with E-state index < -0.39 is 5.97 Å². The molecule has 0 aromatic heterocycles. The molecule has 114 valence electrons. The highest BCUT2D eigenvalue weighted by Crippen LogP contribution is 2.28. The highest BCUT2D eigenvalue weighted by molar-refractivity contribution is 5.77. The van der Waals surface area contributed by atoms with Gasteiger partial charge in [-0.3, -0.25) is 9.59 Å². The predicted octanol–water partition coefficient (Wildman–Crippen LogP) is 0.372. The maximum Gasteiger partial charge on any atom is 0.306 e. The summed E-state index contributed by atoms with van der Waals surface area (Å²) in [6.45, 7) is 4.30. The molecular weight excluding hydrogens is 260 g/mol. The third-order valence-corrected chi connectivity index (χ3v) is 4.33. The van der Waals surface area contributed by atoms with Crippen molar-refractivity contribution in [3.8, 4) is 0 Å². The molecule has 20 heavy (non-hydrogen) atoms. The molecule has 1 saturated heterocycles. The molecule has 1 heterocycles. The average molecular weight is 284 g/mol. The minimum atomic E-state index is -0.691. The van der Waals surface area contributed by atoms with E-state index in [9.17, 15) is 9.59 Å². The molecule has 1 aliphatic heterocycles. The summed E-state index contributed by atoms with van der Waals surface area (Å²) < 4.78 is 5.56. The van der Waals surface area contributed by atoms with Crippen LogP contribution in [0.25, 0.3) is 0 Å². The number of amides is 1. The minimum Gasteiger partial charge on any atom is -0.481 e. The van der Waals surface area contributed by atoms with Gasteiger partial charge in [0.05, 0.1) is 11.5 Å². The lowest BCUT2D eigenvalue weighted by Gasteiger charge is -2.38. The molecule has 0 bridgehead atoms. The van der Waals surface area contributed by atoms with E-state index in [-0.39, 0.29) is 24.0 Å². The molecule has 1 amide bonds. The highest BCUT2D eigenvalue weighted by Gasteiger charge is 2.33. The molecular formula is C14H24N2O4. The van der Waals surface area contributed by atoms with Crippen molar-refractivity contribution in [2.75, 3.05) is 26.2 Å². The van der Waals surface area contributed by atoms with Crippen LogP contribution in [-0.4, -0.2) is 48.8 Å². The summed E-state index contributed by atoms with van der Waals surface area (Å²) in [5.41, 5.74) is -0.198. The fourth-order valence-electron chi connectivity index (χ4n) is 2.74. The lowest BCUT2D eigenvalue weighted by Crippen LogP contribution is -2.59. The summed E-state index contributed by atoms with van der Waals surface area (Å²) in [6, 6.07) is 0.